The first kappa shape index (κ1) is 24.3. The van der Waals surface area contributed by atoms with E-state index < -0.39 is 0 Å². The van der Waals surface area contributed by atoms with E-state index in [4.69, 9.17) is 14.6 Å². The predicted octanol–water partition coefficient (Wildman–Crippen LogP) is 5.91. The Bertz CT molecular complexity index is 1090. The van der Waals surface area contributed by atoms with Crippen LogP contribution in [0.1, 0.15) is 58.2 Å². The normalized spacial score (nSPS) is 21.6. The van der Waals surface area contributed by atoms with Crippen molar-refractivity contribution in [1.82, 2.24) is 15.4 Å². The second-order valence-electron chi connectivity index (χ2n) is 10.2. The van der Waals surface area contributed by atoms with Gasteiger partial charge in [0.2, 0.25) is 0 Å². The van der Waals surface area contributed by atoms with Gasteiger partial charge in [-0.25, -0.2) is 4.99 Å². The van der Waals surface area contributed by atoms with Gasteiger partial charge in [0.1, 0.15) is 18.2 Å². The Balaban J connectivity index is 1.70. The summed E-state index contributed by atoms with van der Waals surface area (Å²) in [6.07, 6.45) is 7.40. The number of aliphatic imine (C=N–C) groups is 1. The minimum Gasteiger partial charge on any atom is -0.491 e. The zero-order chi connectivity index (χ0) is 24.3. The number of hydrogen-bond acceptors (Lipinski definition) is 6. The fraction of sp³-hybridized carbons (Fsp3) is 0.500. The molecule has 1 aliphatic heterocycles. The van der Waals surface area contributed by atoms with Crippen LogP contribution in [0.5, 0.6) is 11.5 Å². The smallest absolute Gasteiger partial charge is 0.168 e. The van der Waals surface area contributed by atoms with Crippen molar-refractivity contribution < 1.29 is 9.57 Å². The minimum atomic E-state index is 0.315. The molecule has 1 fully saturated rings. The number of hydrogen-bond donors (Lipinski definition) is 1. The lowest BCUT2D eigenvalue weighted by molar-refractivity contribution is 0.221. The average Bonchev–Trinajstić information content (AvgIpc) is 3.02. The van der Waals surface area contributed by atoms with Crippen LogP contribution in [0.3, 0.4) is 0 Å². The molecule has 0 spiro atoms. The summed E-state index contributed by atoms with van der Waals surface area (Å²) in [6, 6.07) is 8.42. The largest absolute Gasteiger partial charge is 0.491 e. The van der Waals surface area contributed by atoms with Crippen molar-refractivity contribution >= 4 is 6.21 Å². The van der Waals surface area contributed by atoms with Crippen LogP contribution in [0, 0.1) is 18.3 Å². The molecule has 0 radical (unpaired) electrons. The van der Waals surface area contributed by atoms with E-state index >= 15 is 0 Å². The van der Waals surface area contributed by atoms with Gasteiger partial charge in [-0.05, 0) is 73.8 Å². The van der Waals surface area contributed by atoms with Gasteiger partial charge in [-0.1, -0.05) is 26.8 Å². The van der Waals surface area contributed by atoms with Crippen LogP contribution in [0.4, 0.5) is 0 Å². The molecule has 0 amide bonds. The van der Waals surface area contributed by atoms with Gasteiger partial charge in [-0.3, -0.25) is 4.98 Å². The van der Waals surface area contributed by atoms with Crippen molar-refractivity contribution in [3.63, 3.8) is 0 Å². The Labute approximate surface area is 204 Å². The molecule has 2 aromatic rings. The third-order valence-electron chi connectivity index (χ3n) is 6.98. The first-order chi connectivity index (χ1) is 16.3. The summed E-state index contributed by atoms with van der Waals surface area (Å²) in [7, 11) is 1.75. The van der Waals surface area contributed by atoms with Gasteiger partial charge in [0.15, 0.2) is 5.75 Å². The van der Waals surface area contributed by atoms with Gasteiger partial charge in [-0.2, -0.15) is 5.48 Å². The SMILES string of the molecule is C/C=N\C(=C1\CC(C)(C)CCC1C)N1CCOc2ccc(-c3cnc(C)c(ONC)c3)cc2C1. The number of aryl methyl sites for hydroxylation is 1. The number of aromatic nitrogens is 1. The van der Waals surface area contributed by atoms with Crippen LogP contribution in [0.25, 0.3) is 11.1 Å². The Morgan fingerprint density at radius 3 is 2.88 bits per heavy atom. The number of benzene rings is 1. The van der Waals surface area contributed by atoms with E-state index in [0.29, 0.717) is 17.9 Å². The molecule has 1 aromatic heterocycles. The number of nitrogens with one attached hydrogen (secondary N) is 1. The van der Waals surface area contributed by atoms with E-state index in [1.807, 2.05) is 32.3 Å². The standard InChI is InChI=1S/C28H38N4O2/c1-7-30-27(24-16-28(4,5)11-10-19(24)2)32-12-13-33-25-9-8-21(14-23(25)18-32)22-15-26(34-29-6)20(3)31-17-22/h7-9,14-15,17,19,29H,10-13,16,18H2,1-6H3/b27-24+,30-7-. The highest BCUT2D eigenvalue weighted by Crippen LogP contribution is 2.44. The van der Waals surface area contributed by atoms with E-state index in [1.54, 1.807) is 7.05 Å². The number of rotatable bonds is 5. The molecule has 1 atom stereocenters. The first-order valence-corrected chi connectivity index (χ1v) is 12.3. The highest BCUT2D eigenvalue weighted by molar-refractivity contribution is 5.67. The van der Waals surface area contributed by atoms with E-state index in [0.717, 1.165) is 53.7 Å². The van der Waals surface area contributed by atoms with Gasteiger partial charge in [0.25, 0.3) is 0 Å². The van der Waals surface area contributed by atoms with Gasteiger partial charge < -0.3 is 14.5 Å². The molecule has 34 heavy (non-hydrogen) atoms. The molecule has 182 valence electrons. The topological polar surface area (TPSA) is 59.0 Å². The fourth-order valence-electron chi connectivity index (χ4n) is 4.99. The van der Waals surface area contributed by atoms with E-state index in [-0.39, 0.29) is 0 Å². The van der Waals surface area contributed by atoms with Crippen LogP contribution in [0.15, 0.2) is 46.8 Å². The Kier molecular flexibility index (Phi) is 7.27. The van der Waals surface area contributed by atoms with Crippen molar-refractivity contribution in [3.8, 4) is 22.6 Å². The zero-order valence-electron chi connectivity index (χ0n) is 21.4. The van der Waals surface area contributed by atoms with Crippen LogP contribution < -0.4 is 15.1 Å². The second kappa shape index (κ2) is 10.2. The molecular weight excluding hydrogens is 424 g/mol. The Morgan fingerprint density at radius 2 is 2.12 bits per heavy atom. The number of allylic oxidation sites excluding steroid dienone is 1. The van der Waals surface area contributed by atoms with Crippen molar-refractivity contribution in [2.24, 2.45) is 16.3 Å². The predicted molar refractivity (Wildman–Crippen MR) is 138 cm³/mol. The summed E-state index contributed by atoms with van der Waals surface area (Å²) in [6.45, 7) is 13.3. The van der Waals surface area contributed by atoms with Gasteiger partial charge in [0.05, 0.1) is 12.2 Å². The van der Waals surface area contributed by atoms with Gasteiger partial charge >= 0.3 is 0 Å². The zero-order valence-corrected chi connectivity index (χ0v) is 21.4. The molecule has 1 aliphatic carbocycles. The molecule has 0 saturated heterocycles. The lowest BCUT2D eigenvalue weighted by atomic mass is 9.70. The summed E-state index contributed by atoms with van der Waals surface area (Å²) >= 11 is 0. The van der Waals surface area contributed by atoms with E-state index in [2.05, 4.69) is 54.3 Å². The maximum absolute atomic E-state index is 6.17. The Morgan fingerprint density at radius 1 is 1.29 bits per heavy atom. The maximum atomic E-state index is 6.17. The molecule has 2 heterocycles. The molecule has 2 aliphatic rings. The number of hydroxylamine groups is 1. The van der Waals surface area contributed by atoms with E-state index in [1.165, 1.54) is 24.0 Å². The van der Waals surface area contributed by atoms with Crippen LogP contribution in [-0.4, -0.2) is 36.3 Å². The van der Waals surface area contributed by atoms with Crippen LogP contribution >= 0.6 is 0 Å². The summed E-state index contributed by atoms with van der Waals surface area (Å²) in [5.41, 5.74) is 8.66. The average molecular weight is 463 g/mol. The van der Waals surface area contributed by atoms with Gasteiger partial charge in [-0.15, -0.1) is 0 Å². The second-order valence-corrected chi connectivity index (χ2v) is 10.2. The van der Waals surface area contributed by atoms with Crippen LogP contribution in [-0.2, 0) is 6.54 Å². The third-order valence-corrected chi connectivity index (χ3v) is 6.98. The number of fused-ring (bicyclic) bond motifs is 1. The minimum absolute atomic E-state index is 0.315. The molecule has 1 saturated carbocycles. The molecule has 4 rings (SSSR count). The highest BCUT2D eigenvalue weighted by atomic mass is 16.6. The van der Waals surface area contributed by atoms with Crippen molar-refractivity contribution in [1.29, 1.82) is 0 Å². The van der Waals surface area contributed by atoms with E-state index in [9.17, 15) is 0 Å². The molecule has 1 unspecified atom stereocenters. The number of pyridine rings is 1. The molecular formula is C28H38N4O2. The molecule has 1 aromatic carbocycles. The summed E-state index contributed by atoms with van der Waals surface area (Å²) in [4.78, 5) is 17.4. The van der Waals surface area contributed by atoms with Crippen molar-refractivity contribution in [2.45, 2.75) is 60.4 Å². The molecule has 6 heteroatoms. The van der Waals surface area contributed by atoms with Gasteiger partial charge in [0, 0.05) is 37.1 Å². The van der Waals surface area contributed by atoms with Crippen molar-refractivity contribution in [2.75, 3.05) is 20.2 Å². The maximum Gasteiger partial charge on any atom is 0.168 e. The van der Waals surface area contributed by atoms with Crippen LogP contribution in [0.2, 0.25) is 0 Å². The monoisotopic (exact) mass is 462 g/mol. The summed E-state index contributed by atoms with van der Waals surface area (Å²) in [5, 5.41) is 0. The van der Waals surface area contributed by atoms with Crippen molar-refractivity contribution in [3.05, 3.63) is 53.1 Å². The molecule has 6 nitrogen and oxygen atoms in total. The lowest BCUT2D eigenvalue weighted by Crippen LogP contribution is -2.30. The highest BCUT2D eigenvalue weighted by Gasteiger charge is 2.32. The third kappa shape index (κ3) is 5.27. The number of ether oxygens (including phenoxy) is 1. The summed E-state index contributed by atoms with van der Waals surface area (Å²) < 4.78 is 6.17. The first-order valence-electron chi connectivity index (χ1n) is 12.3. The number of nitrogens with zero attached hydrogens (tertiary/aromatic N) is 3. The Hall–Kier alpha value is -2.86. The fourth-order valence-corrected chi connectivity index (χ4v) is 4.99. The molecule has 1 N–H and O–H groups in total. The lowest BCUT2D eigenvalue weighted by Gasteiger charge is -2.38. The molecule has 0 bridgehead atoms. The quantitative estimate of drug-likeness (QED) is 0.442. The summed E-state index contributed by atoms with van der Waals surface area (Å²) in [5.74, 6) is 3.35.